The predicted octanol–water partition coefficient (Wildman–Crippen LogP) is 5.54. The van der Waals surface area contributed by atoms with Gasteiger partial charge in [-0.3, -0.25) is 0 Å². The minimum absolute atomic E-state index is 0.0143. The molecule has 3 aromatic carbocycles. The maximum absolute atomic E-state index is 13.8. The molecule has 0 N–H and O–H groups in total. The Labute approximate surface area is 176 Å². The van der Waals surface area contributed by atoms with Crippen LogP contribution in [-0.4, -0.2) is 11.9 Å². The molecular formula is C23H14ClF2NO3. The molecule has 7 heteroatoms. The fourth-order valence-electron chi connectivity index (χ4n) is 2.80. The number of rotatable bonds is 5. The second kappa shape index (κ2) is 8.47. The van der Waals surface area contributed by atoms with Gasteiger partial charge in [0.15, 0.2) is 5.70 Å². The molecular weight excluding hydrogens is 412 g/mol. The highest BCUT2D eigenvalue weighted by atomic mass is 35.5. The summed E-state index contributed by atoms with van der Waals surface area (Å²) in [4.78, 5) is 16.2. The summed E-state index contributed by atoms with van der Waals surface area (Å²) < 4.78 is 37.9. The molecule has 1 heterocycles. The topological polar surface area (TPSA) is 47.9 Å². The van der Waals surface area contributed by atoms with Gasteiger partial charge < -0.3 is 9.47 Å². The number of aliphatic imine (C=N–C) groups is 1. The van der Waals surface area contributed by atoms with Crippen LogP contribution in [0.1, 0.15) is 16.7 Å². The SMILES string of the molecule is O=C1OC(c2cccc(F)c2)=N/C1=C/c1ccc(OCc2c(F)cccc2Cl)cc1. The summed E-state index contributed by atoms with van der Waals surface area (Å²) in [6, 6.07) is 16.9. The molecule has 1 aliphatic heterocycles. The molecule has 0 bridgehead atoms. The third-order valence-electron chi connectivity index (χ3n) is 4.32. The molecule has 0 fully saturated rings. The fourth-order valence-corrected chi connectivity index (χ4v) is 3.02. The van der Waals surface area contributed by atoms with Crippen LogP contribution in [0.4, 0.5) is 8.78 Å². The highest BCUT2D eigenvalue weighted by Crippen LogP contribution is 2.23. The number of hydrogen-bond acceptors (Lipinski definition) is 4. The molecule has 3 aromatic rings. The van der Waals surface area contributed by atoms with E-state index >= 15 is 0 Å². The number of carbonyl (C=O) groups excluding carboxylic acids is 1. The first-order valence-electron chi connectivity index (χ1n) is 8.94. The number of esters is 1. The molecule has 0 saturated carbocycles. The van der Waals surface area contributed by atoms with E-state index in [0.29, 0.717) is 21.9 Å². The molecule has 0 unspecified atom stereocenters. The standard InChI is InChI=1S/C23H14ClF2NO3/c24-19-5-2-6-20(26)18(19)13-29-17-9-7-14(8-10-17)11-21-23(28)30-22(27-21)15-3-1-4-16(25)12-15/h1-12H,13H2/b21-11+. The lowest BCUT2D eigenvalue weighted by Gasteiger charge is -2.09. The highest BCUT2D eigenvalue weighted by molar-refractivity contribution is 6.31. The second-order valence-electron chi connectivity index (χ2n) is 6.40. The summed E-state index contributed by atoms with van der Waals surface area (Å²) >= 11 is 5.99. The third kappa shape index (κ3) is 4.39. The molecule has 0 saturated heterocycles. The number of carbonyl (C=O) groups is 1. The van der Waals surface area contributed by atoms with Crippen LogP contribution >= 0.6 is 11.6 Å². The van der Waals surface area contributed by atoms with Crippen molar-refractivity contribution in [3.63, 3.8) is 0 Å². The van der Waals surface area contributed by atoms with Crippen molar-refractivity contribution in [3.8, 4) is 5.75 Å². The number of benzene rings is 3. The Morgan fingerprint density at radius 1 is 1.03 bits per heavy atom. The molecule has 0 spiro atoms. The van der Waals surface area contributed by atoms with Gasteiger partial charge in [0.2, 0.25) is 5.90 Å². The van der Waals surface area contributed by atoms with Crippen LogP contribution in [0, 0.1) is 11.6 Å². The Morgan fingerprint density at radius 3 is 2.53 bits per heavy atom. The maximum Gasteiger partial charge on any atom is 0.363 e. The fraction of sp³-hybridized carbons (Fsp3) is 0.0435. The van der Waals surface area contributed by atoms with Crippen molar-refractivity contribution in [2.24, 2.45) is 4.99 Å². The average Bonchev–Trinajstić information content (AvgIpc) is 3.09. The number of cyclic esters (lactones) is 1. The van der Waals surface area contributed by atoms with E-state index in [1.807, 2.05) is 0 Å². The van der Waals surface area contributed by atoms with Crippen LogP contribution in [0.3, 0.4) is 0 Å². The quantitative estimate of drug-likeness (QED) is 0.398. The van der Waals surface area contributed by atoms with Gasteiger partial charge in [0, 0.05) is 11.1 Å². The number of nitrogens with zero attached hydrogens (tertiary/aromatic N) is 1. The first-order valence-corrected chi connectivity index (χ1v) is 9.31. The van der Waals surface area contributed by atoms with Crippen molar-refractivity contribution in [1.29, 1.82) is 0 Å². The van der Waals surface area contributed by atoms with Gasteiger partial charge in [0.05, 0.1) is 5.02 Å². The largest absolute Gasteiger partial charge is 0.489 e. The predicted molar refractivity (Wildman–Crippen MR) is 109 cm³/mol. The number of ether oxygens (including phenoxy) is 2. The Morgan fingerprint density at radius 2 is 1.80 bits per heavy atom. The lowest BCUT2D eigenvalue weighted by molar-refractivity contribution is -0.129. The summed E-state index contributed by atoms with van der Waals surface area (Å²) in [6.07, 6.45) is 1.55. The van der Waals surface area contributed by atoms with Crippen molar-refractivity contribution >= 4 is 29.5 Å². The van der Waals surface area contributed by atoms with Crippen molar-refractivity contribution in [2.45, 2.75) is 6.61 Å². The van der Waals surface area contributed by atoms with Gasteiger partial charge in [-0.1, -0.05) is 35.9 Å². The molecule has 150 valence electrons. The normalized spacial score (nSPS) is 14.6. The van der Waals surface area contributed by atoms with Crippen LogP contribution < -0.4 is 4.74 Å². The van der Waals surface area contributed by atoms with Crippen molar-refractivity contribution in [3.05, 3.63) is 106 Å². The molecule has 4 nitrogen and oxygen atoms in total. The van der Waals surface area contributed by atoms with E-state index < -0.39 is 17.6 Å². The smallest absolute Gasteiger partial charge is 0.363 e. The first-order chi connectivity index (χ1) is 14.5. The third-order valence-corrected chi connectivity index (χ3v) is 4.67. The monoisotopic (exact) mass is 425 g/mol. The van der Waals surface area contributed by atoms with E-state index in [1.165, 1.54) is 30.3 Å². The van der Waals surface area contributed by atoms with E-state index in [1.54, 1.807) is 42.5 Å². The lowest BCUT2D eigenvalue weighted by atomic mass is 10.2. The molecule has 4 rings (SSSR count). The molecule has 0 aromatic heterocycles. The first kappa shape index (κ1) is 19.8. The summed E-state index contributed by atoms with van der Waals surface area (Å²) in [5.74, 6) is -0.947. The van der Waals surface area contributed by atoms with Gasteiger partial charge in [-0.25, -0.2) is 18.6 Å². The Hall–Kier alpha value is -3.51. The molecule has 1 aliphatic rings. The number of hydrogen-bond donors (Lipinski definition) is 0. The maximum atomic E-state index is 13.8. The van der Waals surface area contributed by atoms with E-state index in [2.05, 4.69) is 4.99 Å². The van der Waals surface area contributed by atoms with Crippen molar-refractivity contribution in [2.75, 3.05) is 0 Å². The zero-order valence-corrected chi connectivity index (χ0v) is 16.2. The van der Waals surface area contributed by atoms with Gasteiger partial charge in [-0.15, -0.1) is 0 Å². The molecule has 30 heavy (non-hydrogen) atoms. The highest BCUT2D eigenvalue weighted by Gasteiger charge is 2.24. The Balaban J connectivity index is 1.47. The van der Waals surface area contributed by atoms with E-state index in [0.717, 1.165) is 0 Å². The molecule has 0 atom stereocenters. The second-order valence-corrected chi connectivity index (χ2v) is 6.81. The van der Waals surface area contributed by atoms with Gasteiger partial charge in [0.1, 0.15) is 24.0 Å². The van der Waals surface area contributed by atoms with Crippen molar-refractivity contribution in [1.82, 2.24) is 0 Å². The van der Waals surface area contributed by atoms with Crippen LogP contribution in [0.5, 0.6) is 5.75 Å². The Kier molecular flexibility index (Phi) is 5.59. The van der Waals surface area contributed by atoms with Gasteiger partial charge in [-0.2, -0.15) is 0 Å². The van der Waals surface area contributed by atoms with Crippen LogP contribution in [0.15, 0.2) is 77.4 Å². The van der Waals surface area contributed by atoms with Crippen molar-refractivity contribution < 1.29 is 23.0 Å². The van der Waals surface area contributed by atoms with E-state index in [4.69, 9.17) is 21.1 Å². The van der Waals surface area contributed by atoms with Crippen LogP contribution in [0.2, 0.25) is 5.02 Å². The summed E-state index contributed by atoms with van der Waals surface area (Å²) in [5.41, 5.74) is 1.43. The van der Waals surface area contributed by atoms with Gasteiger partial charge >= 0.3 is 5.97 Å². The zero-order chi connectivity index (χ0) is 21.1. The van der Waals surface area contributed by atoms with Gasteiger partial charge in [-0.05, 0) is 54.1 Å². The Bertz CT molecular complexity index is 1150. The summed E-state index contributed by atoms with van der Waals surface area (Å²) in [5, 5.41) is 0.295. The summed E-state index contributed by atoms with van der Waals surface area (Å²) in [7, 11) is 0. The van der Waals surface area contributed by atoms with Crippen LogP contribution in [0.25, 0.3) is 6.08 Å². The molecule has 0 aliphatic carbocycles. The lowest BCUT2D eigenvalue weighted by Crippen LogP contribution is -2.05. The number of halogens is 3. The summed E-state index contributed by atoms with van der Waals surface area (Å²) in [6.45, 7) is -0.0143. The van der Waals surface area contributed by atoms with E-state index in [-0.39, 0.29) is 23.8 Å². The molecule has 0 amide bonds. The minimum atomic E-state index is -0.621. The van der Waals surface area contributed by atoms with E-state index in [9.17, 15) is 13.6 Å². The zero-order valence-electron chi connectivity index (χ0n) is 15.4. The minimum Gasteiger partial charge on any atom is -0.489 e. The molecule has 0 radical (unpaired) electrons. The van der Waals surface area contributed by atoms with Gasteiger partial charge in [0.25, 0.3) is 0 Å². The van der Waals surface area contributed by atoms with Crippen LogP contribution in [-0.2, 0) is 16.1 Å². The average molecular weight is 426 g/mol.